The lowest BCUT2D eigenvalue weighted by Crippen LogP contribution is -2.00. The molecule has 0 bridgehead atoms. The molecule has 10 rings (SSSR count). The number of benzene rings is 6. The van der Waals surface area contributed by atoms with E-state index in [9.17, 15) is 0 Å². The number of furan rings is 1. The van der Waals surface area contributed by atoms with Crippen molar-refractivity contribution in [1.29, 1.82) is 0 Å². The van der Waals surface area contributed by atoms with Crippen LogP contribution in [0.4, 0.5) is 0 Å². The van der Waals surface area contributed by atoms with Crippen molar-refractivity contribution in [2.45, 2.75) is 0 Å². The fourth-order valence-corrected chi connectivity index (χ4v) is 7.80. The van der Waals surface area contributed by atoms with Crippen LogP contribution in [-0.2, 0) is 0 Å². The van der Waals surface area contributed by atoms with Gasteiger partial charge in [-0.15, -0.1) is 11.3 Å². The van der Waals surface area contributed by atoms with Crippen LogP contribution in [0.15, 0.2) is 150 Å². The van der Waals surface area contributed by atoms with Crippen LogP contribution in [0.1, 0.15) is 0 Å². The van der Waals surface area contributed by atoms with E-state index in [1.54, 1.807) is 11.3 Å². The second-order valence-corrected chi connectivity index (χ2v) is 12.8. The second kappa shape index (κ2) is 10.7. The van der Waals surface area contributed by atoms with Crippen LogP contribution in [0, 0.1) is 0 Å². The molecule has 10 aromatic rings. The van der Waals surface area contributed by atoms with Gasteiger partial charge in [-0.25, -0.2) is 19.9 Å². The van der Waals surface area contributed by atoms with Gasteiger partial charge in [0.1, 0.15) is 16.0 Å². The summed E-state index contributed by atoms with van der Waals surface area (Å²) in [5.41, 5.74) is 6.25. The Kier molecular flexibility index (Phi) is 5.98. The summed E-state index contributed by atoms with van der Waals surface area (Å²) in [6.45, 7) is 0. The van der Waals surface area contributed by atoms with Gasteiger partial charge in [-0.05, 0) is 23.6 Å². The minimum absolute atomic E-state index is 0.565. The Hall–Kier alpha value is -6.24. The van der Waals surface area contributed by atoms with Crippen molar-refractivity contribution in [1.82, 2.24) is 19.9 Å². The molecule has 6 heteroatoms. The third-order valence-electron chi connectivity index (χ3n) is 8.97. The van der Waals surface area contributed by atoms with Gasteiger partial charge in [0.25, 0.3) is 0 Å². The molecule has 0 N–H and O–H groups in total. The van der Waals surface area contributed by atoms with E-state index in [0.29, 0.717) is 17.5 Å². The van der Waals surface area contributed by atoms with E-state index >= 15 is 0 Å². The predicted molar refractivity (Wildman–Crippen MR) is 197 cm³/mol. The van der Waals surface area contributed by atoms with Crippen molar-refractivity contribution in [3.63, 3.8) is 0 Å². The highest BCUT2D eigenvalue weighted by atomic mass is 32.1. The van der Waals surface area contributed by atoms with E-state index in [1.165, 1.54) is 20.9 Å². The highest BCUT2D eigenvalue weighted by Gasteiger charge is 2.19. The quantitative estimate of drug-likeness (QED) is 0.193. The van der Waals surface area contributed by atoms with E-state index in [2.05, 4.69) is 84.9 Å². The molecule has 0 aliphatic rings. The van der Waals surface area contributed by atoms with Gasteiger partial charge in [0.2, 0.25) is 0 Å². The predicted octanol–water partition coefficient (Wildman–Crippen LogP) is 11.4. The first-order valence-electron chi connectivity index (χ1n) is 15.8. The van der Waals surface area contributed by atoms with Gasteiger partial charge in [0.05, 0.1) is 11.3 Å². The molecule has 4 heterocycles. The molecule has 0 atom stereocenters. The van der Waals surface area contributed by atoms with E-state index in [-0.39, 0.29) is 0 Å². The zero-order valence-electron chi connectivity index (χ0n) is 25.5. The Morgan fingerprint density at radius 1 is 0.417 bits per heavy atom. The van der Waals surface area contributed by atoms with Crippen LogP contribution >= 0.6 is 11.3 Å². The van der Waals surface area contributed by atoms with Crippen LogP contribution in [0.5, 0.6) is 0 Å². The lowest BCUT2D eigenvalue weighted by Gasteiger charge is -2.10. The van der Waals surface area contributed by atoms with Crippen molar-refractivity contribution < 1.29 is 4.42 Å². The number of para-hydroxylation sites is 2. The standard InChI is InChI=1S/C42H24N4OS/c1-2-11-26(12-3-1)39-44-40(46-41(45-39)33-18-10-17-31-28-13-6-8-19-34(28)47-38(31)33)27-23-21-25(22-24-27)37-30-15-5-4-14-29(30)36-32-16-7-9-20-35(32)48-42(36)43-37/h1-24H. The fraction of sp³-hybridized carbons (Fsp3) is 0. The average molecular weight is 633 g/mol. The summed E-state index contributed by atoms with van der Waals surface area (Å²) in [7, 11) is 0. The van der Waals surface area contributed by atoms with Crippen LogP contribution in [0.25, 0.3) is 98.4 Å². The fourth-order valence-electron chi connectivity index (χ4n) is 6.70. The number of pyridine rings is 1. The van der Waals surface area contributed by atoms with Crippen LogP contribution < -0.4 is 0 Å². The molecule has 4 aromatic heterocycles. The molecular formula is C42H24N4OS. The summed E-state index contributed by atoms with van der Waals surface area (Å²) >= 11 is 1.74. The van der Waals surface area contributed by atoms with Gasteiger partial charge in [0.15, 0.2) is 17.5 Å². The van der Waals surface area contributed by atoms with Crippen molar-refractivity contribution in [3.8, 4) is 45.4 Å². The Morgan fingerprint density at radius 3 is 1.83 bits per heavy atom. The number of nitrogens with zero attached hydrogens (tertiary/aromatic N) is 4. The van der Waals surface area contributed by atoms with Crippen molar-refractivity contribution in [2.75, 3.05) is 0 Å². The van der Waals surface area contributed by atoms with Gasteiger partial charge in [-0.2, -0.15) is 0 Å². The van der Waals surface area contributed by atoms with E-state index in [0.717, 1.165) is 60.1 Å². The smallest absolute Gasteiger partial charge is 0.167 e. The lowest BCUT2D eigenvalue weighted by atomic mass is 10.00. The Bertz CT molecular complexity index is 2840. The summed E-state index contributed by atoms with van der Waals surface area (Å²) in [5.74, 6) is 1.77. The largest absolute Gasteiger partial charge is 0.455 e. The molecule has 0 aliphatic heterocycles. The first-order valence-corrected chi connectivity index (χ1v) is 16.6. The topological polar surface area (TPSA) is 64.7 Å². The number of aromatic nitrogens is 4. The summed E-state index contributed by atoms with van der Waals surface area (Å²) in [6, 6.07) is 49.8. The zero-order valence-corrected chi connectivity index (χ0v) is 26.3. The van der Waals surface area contributed by atoms with Gasteiger partial charge in [0, 0.05) is 48.3 Å². The molecule has 0 fully saturated rings. The second-order valence-electron chi connectivity index (χ2n) is 11.8. The molecule has 0 saturated carbocycles. The molecule has 0 saturated heterocycles. The first-order chi connectivity index (χ1) is 23.8. The molecule has 48 heavy (non-hydrogen) atoms. The monoisotopic (exact) mass is 632 g/mol. The maximum atomic E-state index is 6.37. The lowest BCUT2D eigenvalue weighted by molar-refractivity contribution is 0.669. The molecule has 5 nitrogen and oxygen atoms in total. The number of hydrogen-bond donors (Lipinski definition) is 0. The summed E-state index contributed by atoms with van der Waals surface area (Å²) in [4.78, 5) is 21.3. The van der Waals surface area contributed by atoms with Crippen LogP contribution in [0.2, 0.25) is 0 Å². The normalized spacial score (nSPS) is 11.8. The average Bonchev–Trinajstić information content (AvgIpc) is 3.73. The van der Waals surface area contributed by atoms with E-state index in [4.69, 9.17) is 24.4 Å². The van der Waals surface area contributed by atoms with E-state index < -0.39 is 0 Å². The highest BCUT2D eigenvalue weighted by Crippen LogP contribution is 2.41. The molecule has 0 amide bonds. The highest BCUT2D eigenvalue weighted by molar-refractivity contribution is 7.25. The third kappa shape index (κ3) is 4.24. The van der Waals surface area contributed by atoms with Gasteiger partial charge < -0.3 is 4.42 Å². The summed E-state index contributed by atoms with van der Waals surface area (Å²) < 4.78 is 7.62. The van der Waals surface area contributed by atoms with Crippen molar-refractivity contribution in [2.24, 2.45) is 0 Å². The Labute approximate surface area is 278 Å². The molecule has 0 radical (unpaired) electrons. The first kappa shape index (κ1) is 26.9. The van der Waals surface area contributed by atoms with Gasteiger partial charge in [-0.1, -0.05) is 127 Å². The SMILES string of the molecule is c1ccc(-c2nc(-c3ccc(-c4nc5sc6ccccc6c5c5ccccc45)cc3)nc(-c3cccc4c3oc3ccccc34)n2)cc1. The molecule has 6 aromatic carbocycles. The minimum Gasteiger partial charge on any atom is -0.455 e. The molecule has 0 unspecified atom stereocenters. The number of rotatable bonds is 4. The van der Waals surface area contributed by atoms with Gasteiger partial charge in [-0.3, -0.25) is 0 Å². The molecule has 224 valence electrons. The van der Waals surface area contributed by atoms with Crippen LogP contribution in [-0.4, -0.2) is 19.9 Å². The van der Waals surface area contributed by atoms with Crippen molar-refractivity contribution in [3.05, 3.63) is 146 Å². The number of thiophene rings is 1. The maximum absolute atomic E-state index is 6.37. The molecule has 0 spiro atoms. The van der Waals surface area contributed by atoms with E-state index in [1.807, 2.05) is 60.7 Å². The van der Waals surface area contributed by atoms with Crippen molar-refractivity contribution >= 4 is 64.4 Å². The Morgan fingerprint density at radius 2 is 1.02 bits per heavy atom. The van der Waals surface area contributed by atoms with Gasteiger partial charge >= 0.3 is 0 Å². The summed E-state index contributed by atoms with van der Waals surface area (Å²) in [6.07, 6.45) is 0. The molecule has 0 aliphatic carbocycles. The zero-order chi connectivity index (χ0) is 31.6. The molecular weight excluding hydrogens is 609 g/mol. The minimum atomic E-state index is 0.565. The number of hydrogen-bond acceptors (Lipinski definition) is 6. The van der Waals surface area contributed by atoms with Crippen LogP contribution in [0.3, 0.4) is 0 Å². The number of fused-ring (bicyclic) bond motifs is 8. The summed E-state index contributed by atoms with van der Waals surface area (Å²) in [5, 5.41) is 6.92. The maximum Gasteiger partial charge on any atom is 0.167 e. The Balaban J connectivity index is 1.13. The third-order valence-corrected chi connectivity index (χ3v) is 10.0.